The van der Waals surface area contributed by atoms with Crippen molar-refractivity contribution in [2.24, 2.45) is 0 Å². The number of nitrogens with one attached hydrogen (secondary N) is 1. The fourth-order valence-electron chi connectivity index (χ4n) is 1.53. The van der Waals surface area contributed by atoms with Gasteiger partial charge in [-0.05, 0) is 39.4 Å². The molecule has 3 heteroatoms. The van der Waals surface area contributed by atoms with Crippen LogP contribution in [-0.2, 0) is 4.79 Å². The highest BCUT2D eigenvalue weighted by molar-refractivity contribution is 5.91. The average Bonchev–Trinajstić information content (AvgIpc) is 2.27. The van der Waals surface area contributed by atoms with Gasteiger partial charge in [0.2, 0.25) is 5.91 Å². The Morgan fingerprint density at radius 2 is 1.81 bits per heavy atom. The highest BCUT2D eigenvalue weighted by Crippen LogP contribution is 1.98. The van der Waals surface area contributed by atoms with Gasteiger partial charge in [-0.25, -0.2) is 0 Å². The number of carbonyl (C=O) groups is 1. The second-order valence-electron chi connectivity index (χ2n) is 4.12. The highest BCUT2D eigenvalue weighted by Gasteiger charge is 2.00. The molecule has 0 aliphatic carbocycles. The SMILES string of the molecule is C=C(C)C(=O)NCCCCCN(CC)CC. The van der Waals surface area contributed by atoms with Crippen molar-refractivity contribution in [1.82, 2.24) is 10.2 Å². The Morgan fingerprint density at radius 3 is 2.31 bits per heavy atom. The zero-order chi connectivity index (χ0) is 12.4. The van der Waals surface area contributed by atoms with Crippen LogP contribution in [0.2, 0.25) is 0 Å². The van der Waals surface area contributed by atoms with Crippen LogP contribution in [0.3, 0.4) is 0 Å². The molecule has 0 saturated carbocycles. The molecular weight excluding hydrogens is 200 g/mol. The van der Waals surface area contributed by atoms with E-state index in [1.54, 1.807) is 6.92 Å². The first kappa shape index (κ1) is 15.2. The number of nitrogens with zero attached hydrogens (tertiary/aromatic N) is 1. The van der Waals surface area contributed by atoms with Crippen molar-refractivity contribution < 1.29 is 4.79 Å². The quantitative estimate of drug-likeness (QED) is 0.483. The summed E-state index contributed by atoms with van der Waals surface area (Å²) in [5, 5.41) is 2.85. The van der Waals surface area contributed by atoms with E-state index >= 15 is 0 Å². The van der Waals surface area contributed by atoms with Crippen LogP contribution >= 0.6 is 0 Å². The molecule has 1 N–H and O–H groups in total. The number of amides is 1. The van der Waals surface area contributed by atoms with E-state index < -0.39 is 0 Å². The second kappa shape index (κ2) is 9.40. The molecule has 3 nitrogen and oxygen atoms in total. The highest BCUT2D eigenvalue weighted by atomic mass is 16.1. The van der Waals surface area contributed by atoms with Crippen LogP contribution in [0.4, 0.5) is 0 Å². The van der Waals surface area contributed by atoms with Crippen molar-refractivity contribution in [3.05, 3.63) is 12.2 Å². The smallest absolute Gasteiger partial charge is 0.246 e. The molecule has 0 aromatic carbocycles. The van der Waals surface area contributed by atoms with Gasteiger partial charge in [0.05, 0.1) is 0 Å². The van der Waals surface area contributed by atoms with Gasteiger partial charge < -0.3 is 10.2 Å². The van der Waals surface area contributed by atoms with Gasteiger partial charge in [0.1, 0.15) is 0 Å². The van der Waals surface area contributed by atoms with E-state index in [9.17, 15) is 4.79 Å². The second-order valence-corrected chi connectivity index (χ2v) is 4.12. The van der Waals surface area contributed by atoms with Crippen LogP contribution in [0.25, 0.3) is 0 Å². The predicted octanol–water partition coefficient (Wildman–Crippen LogP) is 2.19. The molecule has 0 unspecified atom stereocenters. The lowest BCUT2D eigenvalue weighted by atomic mass is 10.2. The van der Waals surface area contributed by atoms with Crippen LogP contribution in [0, 0.1) is 0 Å². The van der Waals surface area contributed by atoms with Crippen molar-refractivity contribution in [2.75, 3.05) is 26.2 Å². The molecule has 0 aromatic rings. The van der Waals surface area contributed by atoms with Gasteiger partial charge in [-0.15, -0.1) is 0 Å². The van der Waals surface area contributed by atoms with Crippen molar-refractivity contribution in [1.29, 1.82) is 0 Å². The lowest BCUT2D eigenvalue weighted by Crippen LogP contribution is -2.26. The monoisotopic (exact) mass is 226 g/mol. The van der Waals surface area contributed by atoms with Crippen LogP contribution < -0.4 is 5.32 Å². The molecule has 0 aliphatic heterocycles. The first-order chi connectivity index (χ1) is 7.61. The van der Waals surface area contributed by atoms with Gasteiger partial charge in [-0.1, -0.05) is 26.8 Å². The maximum Gasteiger partial charge on any atom is 0.246 e. The summed E-state index contributed by atoms with van der Waals surface area (Å²) in [5.41, 5.74) is 0.586. The van der Waals surface area contributed by atoms with E-state index in [0.29, 0.717) is 5.57 Å². The van der Waals surface area contributed by atoms with E-state index in [2.05, 4.69) is 30.6 Å². The maximum atomic E-state index is 11.2. The van der Waals surface area contributed by atoms with Crippen molar-refractivity contribution >= 4 is 5.91 Å². The Balaban J connectivity index is 3.34. The molecule has 1 amide bonds. The third kappa shape index (κ3) is 7.46. The number of hydrogen-bond donors (Lipinski definition) is 1. The van der Waals surface area contributed by atoms with E-state index in [-0.39, 0.29) is 5.91 Å². The van der Waals surface area contributed by atoms with Gasteiger partial charge in [-0.2, -0.15) is 0 Å². The first-order valence-corrected chi connectivity index (χ1v) is 6.27. The summed E-state index contributed by atoms with van der Waals surface area (Å²) in [5.74, 6) is -0.0243. The third-order valence-corrected chi connectivity index (χ3v) is 2.72. The summed E-state index contributed by atoms with van der Waals surface area (Å²) in [4.78, 5) is 13.6. The molecule has 0 aromatic heterocycles. The van der Waals surface area contributed by atoms with Gasteiger partial charge in [-0.3, -0.25) is 4.79 Å². The minimum atomic E-state index is -0.0243. The van der Waals surface area contributed by atoms with E-state index in [4.69, 9.17) is 0 Å². The van der Waals surface area contributed by atoms with Crippen LogP contribution in [0.5, 0.6) is 0 Å². The lowest BCUT2D eigenvalue weighted by Gasteiger charge is -2.17. The van der Waals surface area contributed by atoms with Gasteiger partial charge in [0.15, 0.2) is 0 Å². The standard InChI is InChI=1S/C13H26N2O/c1-5-15(6-2)11-9-7-8-10-14-13(16)12(3)4/h3,5-11H2,1-2,4H3,(H,14,16). The summed E-state index contributed by atoms with van der Waals surface area (Å²) >= 11 is 0. The molecule has 0 rings (SSSR count). The number of carbonyl (C=O) groups excluding carboxylic acids is 1. The Hall–Kier alpha value is -0.830. The summed E-state index contributed by atoms with van der Waals surface area (Å²) in [7, 11) is 0. The summed E-state index contributed by atoms with van der Waals surface area (Å²) < 4.78 is 0. The molecule has 0 saturated heterocycles. The molecule has 0 radical (unpaired) electrons. The van der Waals surface area contributed by atoms with E-state index in [1.165, 1.54) is 19.4 Å². The molecule has 94 valence electrons. The largest absolute Gasteiger partial charge is 0.352 e. The zero-order valence-corrected chi connectivity index (χ0v) is 11.0. The zero-order valence-electron chi connectivity index (χ0n) is 11.0. The van der Waals surface area contributed by atoms with Crippen LogP contribution in [-0.4, -0.2) is 37.0 Å². The number of rotatable bonds is 9. The topological polar surface area (TPSA) is 32.3 Å². The normalized spacial score (nSPS) is 10.5. The minimum absolute atomic E-state index is 0.0243. The van der Waals surface area contributed by atoms with E-state index in [0.717, 1.165) is 26.1 Å². The molecule has 0 spiro atoms. The maximum absolute atomic E-state index is 11.2. The Kier molecular flexibility index (Phi) is 8.91. The van der Waals surface area contributed by atoms with Crippen molar-refractivity contribution in [2.45, 2.75) is 40.0 Å². The summed E-state index contributed by atoms with van der Waals surface area (Å²) in [6.45, 7) is 13.9. The average molecular weight is 226 g/mol. The fraction of sp³-hybridized carbons (Fsp3) is 0.769. The van der Waals surface area contributed by atoms with Gasteiger partial charge in [0.25, 0.3) is 0 Å². The Labute approximate surface area is 99.9 Å². The molecule has 0 aliphatic rings. The summed E-state index contributed by atoms with van der Waals surface area (Å²) in [6.07, 6.45) is 3.44. The van der Waals surface area contributed by atoms with Crippen LogP contribution in [0.15, 0.2) is 12.2 Å². The minimum Gasteiger partial charge on any atom is -0.352 e. The number of unbranched alkanes of at least 4 members (excludes halogenated alkanes) is 2. The van der Waals surface area contributed by atoms with Gasteiger partial charge in [0, 0.05) is 12.1 Å². The molecule has 0 heterocycles. The van der Waals surface area contributed by atoms with Crippen molar-refractivity contribution in [3.63, 3.8) is 0 Å². The van der Waals surface area contributed by atoms with Gasteiger partial charge >= 0.3 is 0 Å². The predicted molar refractivity (Wildman–Crippen MR) is 69.5 cm³/mol. The van der Waals surface area contributed by atoms with Crippen LogP contribution in [0.1, 0.15) is 40.0 Å². The third-order valence-electron chi connectivity index (χ3n) is 2.72. The molecule has 0 bridgehead atoms. The molecular formula is C13H26N2O. The Bertz CT molecular complexity index is 210. The van der Waals surface area contributed by atoms with E-state index in [1.807, 2.05) is 0 Å². The molecule has 0 atom stereocenters. The number of hydrogen-bond acceptors (Lipinski definition) is 2. The fourth-order valence-corrected chi connectivity index (χ4v) is 1.53. The molecule has 16 heavy (non-hydrogen) atoms. The Morgan fingerprint density at radius 1 is 1.19 bits per heavy atom. The summed E-state index contributed by atoms with van der Waals surface area (Å²) in [6, 6.07) is 0. The first-order valence-electron chi connectivity index (χ1n) is 6.27. The molecule has 0 fully saturated rings. The lowest BCUT2D eigenvalue weighted by molar-refractivity contribution is -0.117. The van der Waals surface area contributed by atoms with Crippen molar-refractivity contribution in [3.8, 4) is 0 Å².